The average Bonchev–Trinajstić information content (AvgIpc) is 3.12. The number of aliphatic hydroxyl groups excluding tert-OH is 1. The lowest BCUT2D eigenvalue weighted by atomic mass is 10.0. The molecule has 0 unspecified atom stereocenters. The molecule has 1 aromatic carbocycles. The number of benzene rings is 1. The minimum Gasteiger partial charge on any atom is -0.396 e. The summed E-state index contributed by atoms with van der Waals surface area (Å²) in [6.07, 6.45) is 2.64. The minimum atomic E-state index is -1.12. The highest BCUT2D eigenvalue weighted by Gasteiger charge is 2.41. The maximum atomic E-state index is 13.6. The molecule has 0 heterocycles. The Morgan fingerprint density at radius 3 is 2.61 bits per heavy atom. The normalized spacial score (nSPS) is 16.1. The third-order valence-corrected chi connectivity index (χ3v) is 3.46. The van der Waals surface area contributed by atoms with Crippen LogP contribution in [0, 0.1) is 28.4 Å². The van der Waals surface area contributed by atoms with Crippen molar-refractivity contribution in [2.75, 3.05) is 18.5 Å². The molecule has 18 heavy (non-hydrogen) atoms. The van der Waals surface area contributed by atoms with Gasteiger partial charge in [-0.15, -0.1) is 0 Å². The topological polar surface area (TPSA) is 56.0 Å². The summed E-state index contributed by atoms with van der Waals surface area (Å²) < 4.78 is 27.0. The van der Waals surface area contributed by atoms with Gasteiger partial charge in [-0.2, -0.15) is 5.26 Å². The van der Waals surface area contributed by atoms with Crippen LogP contribution in [0.1, 0.15) is 24.8 Å². The van der Waals surface area contributed by atoms with Crippen molar-refractivity contribution in [3.63, 3.8) is 0 Å². The van der Waals surface area contributed by atoms with Crippen LogP contribution in [-0.4, -0.2) is 18.3 Å². The molecule has 0 radical (unpaired) electrons. The van der Waals surface area contributed by atoms with Crippen LogP contribution in [0.5, 0.6) is 0 Å². The first kappa shape index (κ1) is 12.8. The lowest BCUT2D eigenvalue weighted by molar-refractivity contribution is 0.253. The van der Waals surface area contributed by atoms with Gasteiger partial charge < -0.3 is 10.4 Å². The largest absolute Gasteiger partial charge is 0.396 e. The van der Waals surface area contributed by atoms with Crippen LogP contribution >= 0.6 is 0 Å². The molecule has 1 aliphatic rings. The molecule has 2 N–H and O–H groups in total. The zero-order valence-electron chi connectivity index (χ0n) is 9.84. The third kappa shape index (κ3) is 2.44. The molecule has 3 nitrogen and oxygen atoms in total. The molecular formula is C13H14F2N2O. The molecule has 1 aromatic rings. The van der Waals surface area contributed by atoms with Crippen molar-refractivity contribution in [1.29, 1.82) is 5.26 Å². The quantitative estimate of drug-likeness (QED) is 0.846. The van der Waals surface area contributed by atoms with Gasteiger partial charge in [0, 0.05) is 13.2 Å². The van der Waals surface area contributed by atoms with Gasteiger partial charge in [0.1, 0.15) is 6.07 Å². The van der Waals surface area contributed by atoms with Gasteiger partial charge in [0.25, 0.3) is 0 Å². The maximum absolute atomic E-state index is 13.6. The second-order valence-electron chi connectivity index (χ2n) is 4.73. The van der Waals surface area contributed by atoms with Crippen molar-refractivity contribution in [3.05, 3.63) is 29.3 Å². The first-order valence-electron chi connectivity index (χ1n) is 5.85. The van der Waals surface area contributed by atoms with Crippen molar-refractivity contribution in [1.82, 2.24) is 0 Å². The molecule has 0 atom stereocenters. The molecule has 1 fully saturated rings. The van der Waals surface area contributed by atoms with Gasteiger partial charge in [-0.1, -0.05) is 0 Å². The number of halogens is 2. The lowest BCUT2D eigenvalue weighted by Gasteiger charge is -2.16. The van der Waals surface area contributed by atoms with Crippen LogP contribution in [0.4, 0.5) is 14.5 Å². The molecular weight excluding hydrogens is 238 g/mol. The highest BCUT2D eigenvalue weighted by Crippen LogP contribution is 2.48. The van der Waals surface area contributed by atoms with Crippen LogP contribution in [-0.2, 0) is 0 Å². The van der Waals surface area contributed by atoms with Crippen molar-refractivity contribution in [2.45, 2.75) is 19.3 Å². The Morgan fingerprint density at radius 1 is 1.33 bits per heavy atom. The first-order valence-corrected chi connectivity index (χ1v) is 5.85. The van der Waals surface area contributed by atoms with Crippen LogP contribution < -0.4 is 5.32 Å². The van der Waals surface area contributed by atoms with Crippen LogP contribution in [0.15, 0.2) is 12.1 Å². The summed E-state index contributed by atoms with van der Waals surface area (Å²) in [7, 11) is 0. The van der Waals surface area contributed by atoms with Crippen LogP contribution in [0.2, 0.25) is 0 Å². The molecule has 1 saturated carbocycles. The maximum Gasteiger partial charge on any atom is 0.183 e. The predicted octanol–water partition coefficient (Wildman–Crippen LogP) is 2.41. The second kappa shape index (κ2) is 4.91. The van der Waals surface area contributed by atoms with Gasteiger partial charge in [-0.05, 0) is 36.8 Å². The summed E-state index contributed by atoms with van der Waals surface area (Å²) in [6.45, 7) is 0.613. The zero-order chi connectivity index (χ0) is 13.2. The molecule has 0 saturated heterocycles. The minimum absolute atomic E-state index is 0.0194. The number of aliphatic hydroxyl groups is 1. The van der Waals surface area contributed by atoms with E-state index in [1.165, 1.54) is 12.1 Å². The van der Waals surface area contributed by atoms with Gasteiger partial charge in [0.2, 0.25) is 0 Å². The van der Waals surface area contributed by atoms with Crippen molar-refractivity contribution < 1.29 is 13.9 Å². The molecule has 0 aromatic heterocycles. The second-order valence-corrected chi connectivity index (χ2v) is 4.73. The summed E-state index contributed by atoms with van der Waals surface area (Å²) in [4.78, 5) is 0. The molecule has 0 spiro atoms. The number of nitrogens with one attached hydrogen (secondary N) is 1. The van der Waals surface area contributed by atoms with E-state index in [0.29, 0.717) is 13.0 Å². The lowest BCUT2D eigenvalue weighted by Crippen LogP contribution is -2.17. The van der Waals surface area contributed by atoms with E-state index < -0.39 is 11.6 Å². The average molecular weight is 252 g/mol. The fraction of sp³-hybridized carbons (Fsp3) is 0.462. The van der Waals surface area contributed by atoms with E-state index in [0.717, 1.165) is 12.8 Å². The summed E-state index contributed by atoms with van der Waals surface area (Å²) in [6, 6.07) is 4.22. The predicted molar refractivity (Wildman–Crippen MR) is 62.9 cm³/mol. The highest BCUT2D eigenvalue weighted by molar-refractivity contribution is 5.50. The van der Waals surface area contributed by atoms with Gasteiger partial charge in [0.05, 0.1) is 11.3 Å². The Hall–Kier alpha value is -1.67. The van der Waals surface area contributed by atoms with Crippen molar-refractivity contribution in [2.24, 2.45) is 5.41 Å². The number of anilines is 1. The standard InChI is InChI=1S/C13H14F2N2O/c14-11-9(7-16)1-2-10(12(11)15)17-8-13(3-4-13)5-6-18/h1-2,17-18H,3-6,8H2. The summed E-state index contributed by atoms with van der Waals surface area (Å²) in [5.74, 6) is -2.14. The Morgan fingerprint density at radius 2 is 2.06 bits per heavy atom. The van der Waals surface area contributed by atoms with E-state index in [4.69, 9.17) is 10.4 Å². The van der Waals surface area contributed by atoms with Gasteiger partial charge in [0.15, 0.2) is 11.6 Å². The molecule has 0 bridgehead atoms. The zero-order valence-corrected chi connectivity index (χ0v) is 9.84. The Bertz CT molecular complexity index is 492. The van der Waals surface area contributed by atoms with Crippen molar-refractivity contribution in [3.8, 4) is 6.07 Å². The Balaban J connectivity index is 2.07. The number of nitriles is 1. The fourth-order valence-corrected chi connectivity index (χ4v) is 1.98. The molecule has 5 heteroatoms. The van der Waals surface area contributed by atoms with Crippen LogP contribution in [0.25, 0.3) is 0 Å². The van der Waals surface area contributed by atoms with E-state index in [1.54, 1.807) is 6.07 Å². The molecule has 96 valence electrons. The number of hydrogen-bond acceptors (Lipinski definition) is 3. The van der Waals surface area contributed by atoms with Crippen molar-refractivity contribution >= 4 is 5.69 Å². The first-order chi connectivity index (χ1) is 8.62. The van der Waals surface area contributed by atoms with E-state index in [2.05, 4.69) is 5.32 Å². The SMILES string of the molecule is N#Cc1ccc(NCC2(CCO)CC2)c(F)c1F. The van der Waals surface area contributed by atoms with E-state index in [1.807, 2.05) is 0 Å². The molecule has 1 aliphatic carbocycles. The van der Waals surface area contributed by atoms with E-state index in [9.17, 15) is 8.78 Å². The smallest absolute Gasteiger partial charge is 0.183 e. The number of rotatable bonds is 5. The summed E-state index contributed by atoms with van der Waals surface area (Å²) in [5, 5.41) is 20.3. The Labute approximate surface area is 104 Å². The number of nitrogens with zero attached hydrogens (tertiary/aromatic N) is 1. The summed E-state index contributed by atoms with van der Waals surface area (Å²) >= 11 is 0. The van der Waals surface area contributed by atoms with E-state index >= 15 is 0 Å². The Kier molecular flexibility index (Phi) is 3.48. The molecule has 0 aliphatic heterocycles. The molecule has 0 amide bonds. The number of hydrogen-bond donors (Lipinski definition) is 2. The van der Waals surface area contributed by atoms with Gasteiger partial charge >= 0.3 is 0 Å². The monoisotopic (exact) mass is 252 g/mol. The highest BCUT2D eigenvalue weighted by atomic mass is 19.2. The summed E-state index contributed by atoms with van der Waals surface area (Å²) in [5.41, 5.74) is -0.212. The fourth-order valence-electron chi connectivity index (χ4n) is 1.98. The van der Waals surface area contributed by atoms with E-state index in [-0.39, 0.29) is 23.3 Å². The van der Waals surface area contributed by atoms with Gasteiger partial charge in [-0.25, -0.2) is 8.78 Å². The van der Waals surface area contributed by atoms with Crippen LogP contribution in [0.3, 0.4) is 0 Å². The third-order valence-electron chi connectivity index (χ3n) is 3.46. The molecule has 2 rings (SSSR count). The van der Waals surface area contributed by atoms with Gasteiger partial charge in [-0.3, -0.25) is 0 Å².